The van der Waals surface area contributed by atoms with Crippen LogP contribution in [0.2, 0.25) is 0 Å². The van der Waals surface area contributed by atoms with Crippen LogP contribution in [0.4, 0.5) is 0 Å². The van der Waals surface area contributed by atoms with Gasteiger partial charge in [-0.3, -0.25) is 0 Å². The number of aromatic nitrogens is 1. The van der Waals surface area contributed by atoms with Crippen molar-refractivity contribution in [1.29, 1.82) is 0 Å². The summed E-state index contributed by atoms with van der Waals surface area (Å²) in [5.41, 5.74) is 1.28. The van der Waals surface area contributed by atoms with Gasteiger partial charge in [0.2, 0.25) is 10.0 Å². The van der Waals surface area contributed by atoms with E-state index in [1.807, 2.05) is 6.92 Å². The molecule has 0 amide bonds. The van der Waals surface area contributed by atoms with E-state index < -0.39 is 10.0 Å². The first-order valence-corrected chi connectivity index (χ1v) is 9.13. The number of nitrogens with zero attached hydrogens (tertiary/aromatic N) is 2. The van der Waals surface area contributed by atoms with Crippen LogP contribution in [0.1, 0.15) is 32.4 Å². The quantitative estimate of drug-likeness (QED) is 0.669. The molecule has 0 saturated heterocycles. The highest BCUT2D eigenvalue weighted by atomic mass is 32.2. The highest BCUT2D eigenvalue weighted by Crippen LogP contribution is 2.03. The average molecular weight is 301 g/mol. The molecule has 0 atom stereocenters. The second kappa shape index (κ2) is 8.44. The van der Waals surface area contributed by atoms with Crippen molar-refractivity contribution in [3.05, 3.63) is 24.0 Å². The van der Waals surface area contributed by atoms with Gasteiger partial charge in [-0.25, -0.2) is 12.7 Å². The van der Waals surface area contributed by atoms with Crippen LogP contribution in [-0.4, -0.2) is 43.2 Å². The predicted molar refractivity (Wildman–Crippen MR) is 83.1 cm³/mol. The maximum atomic E-state index is 11.4. The molecule has 0 aliphatic heterocycles. The number of hydrogen-bond donors (Lipinski definition) is 1. The number of rotatable bonds is 10. The lowest BCUT2D eigenvalue weighted by Crippen LogP contribution is -2.32. The van der Waals surface area contributed by atoms with Gasteiger partial charge in [0.1, 0.15) is 0 Å². The van der Waals surface area contributed by atoms with Crippen LogP contribution in [-0.2, 0) is 23.1 Å². The van der Waals surface area contributed by atoms with Crippen molar-refractivity contribution in [2.45, 2.75) is 39.8 Å². The van der Waals surface area contributed by atoms with Crippen LogP contribution >= 0.6 is 0 Å². The van der Waals surface area contributed by atoms with Crippen LogP contribution in [0.25, 0.3) is 0 Å². The van der Waals surface area contributed by atoms with E-state index >= 15 is 0 Å². The molecular formula is C14H27N3O2S. The molecular weight excluding hydrogens is 274 g/mol. The fourth-order valence-electron chi connectivity index (χ4n) is 2.22. The normalized spacial score (nSPS) is 12.2. The molecule has 6 heteroatoms. The van der Waals surface area contributed by atoms with Crippen molar-refractivity contribution in [3.63, 3.8) is 0 Å². The maximum Gasteiger partial charge on any atom is 0.211 e. The fourth-order valence-corrected chi connectivity index (χ4v) is 3.15. The summed E-state index contributed by atoms with van der Waals surface area (Å²) in [6, 6.07) is 4.19. The van der Waals surface area contributed by atoms with Crippen LogP contribution in [0.5, 0.6) is 0 Å². The van der Waals surface area contributed by atoms with Gasteiger partial charge < -0.3 is 9.88 Å². The summed E-state index contributed by atoms with van der Waals surface area (Å²) in [6.07, 6.45) is 5.32. The average Bonchev–Trinajstić information content (AvgIpc) is 2.80. The summed E-state index contributed by atoms with van der Waals surface area (Å²) >= 11 is 0. The third-order valence-electron chi connectivity index (χ3n) is 3.28. The highest BCUT2D eigenvalue weighted by Gasteiger charge is 2.12. The predicted octanol–water partition coefficient (Wildman–Crippen LogP) is 1.66. The smallest absolute Gasteiger partial charge is 0.211 e. The number of nitrogens with one attached hydrogen (secondary N) is 1. The van der Waals surface area contributed by atoms with Gasteiger partial charge in [0.15, 0.2) is 0 Å². The largest absolute Gasteiger partial charge is 0.350 e. The Balaban J connectivity index is 2.26. The van der Waals surface area contributed by atoms with Crippen molar-refractivity contribution in [3.8, 4) is 0 Å². The number of aryl methyl sites for hydroxylation is 1. The van der Waals surface area contributed by atoms with Gasteiger partial charge >= 0.3 is 0 Å². The van der Waals surface area contributed by atoms with E-state index in [4.69, 9.17) is 0 Å². The molecule has 0 bridgehead atoms. The Morgan fingerprint density at radius 1 is 1.35 bits per heavy atom. The highest BCUT2D eigenvalue weighted by molar-refractivity contribution is 7.88. The zero-order valence-electron chi connectivity index (χ0n) is 12.8. The van der Waals surface area contributed by atoms with Gasteiger partial charge in [0.05, 0.1) is 6.26 Å². The van der Waals surface area contributed by atoms with Crippen molar-refractivity contribution >= 4 is 10.0 Å². The second-order valence-corrected chi connectivity index (χ2v) is 6.96. The molecule has 0 saturated carbocycles. The molecule has 0 aliphatic rings. The van der Waals surface area contributed by atoms with E-state index in [9.17, 15) is 8.42 Å². The summed E-state index contributed by atoms with van der Waals surface area (Å²) in [7, 11) is -3.06. The van der Waals surface area contributed by atoms with Gasteiger partial charge in [0, 0.05) is 38.1 Å². The lowest BCUT2D eigenvalue weighted by atomic mass is 10.3. The van der Waals surface area contributed by atoms with Crippen molar-refractivity contribution in [1.82, 2.24) is 14.2 Å². The van der Waals surface area contributed by atoms with Crippen LogP contribution in [0.3, 0.4) is 0 Å². The third kappa shape index (κ3) is 5.64. The number of sulfonamides is 1. The van der Waals surface area contributed by atoms with E-state index in [0.29, 0.717) is 13.1 Å². The van der Waals surface area contributed by atoms with Crippen molar-refractivity contribution in [2.75, 3.05) is 25.9 Å². The van der Waals surface area contributed by atoms with Crippen molar-refractivity contribution in [2.24, 2.45) is 0 Å². The van der Waals surface area contributed by atoms with Gasteiger partial charge in [0.25, 0.3) is 0 Å². The minimum Gasteiger partial charge on any atom is -0.350 e. The van der Waals surface area contributed by atoms with Gasteiger partial charge in [-0.2, -0.15) is 0 Å². The molecule has 5 nitrogen and oxygen atoms in total. The Morgan fingerprint density at radius 3 is 2.70 bits per heavy atom. The summed E-state index contributed by atoms with van der Waals surface area (Å²) < 4.78 is 26.6. The van der Waals surface area contributed by atoms with Crippen molar-refractivity contribution < 1.29 is 8.42 Å². The Kier molecular flexibility index (Phi) is 7.26. The Bertz CT molecular complexity index is 482. The monoisotopic (exact) mass is 301 g/mol. The van der Waals surface area contributed by atoms with E-state index in [0.717, 1.165) is 32.5 Å². The molecule has 1 N–H and O–H groups in total. The molecule has 0 fully saturated rings. The van der Waals surface area contributed by atoms with Gasteiger partial charge in [-0.1, -0.05) is 13.8 Å². The molecule has 1 aromatic heterocycles. The van der Waals surface area contributed by atoms with Gasteiger partial charge in [-0.05, 0) is 31.5 Å². The van der Waals surface area contributed by atoms with Crippen LogP contribution < -0.4 is 5.32 Å². The molecule has 20 heavy (non-hydrogen) atoms. The summed E-state index contributed by atoms with van der Waals surface area (Å²) in [5, 5.41) is 3.38. The minimum atomic E-state index is -3.06. The molecule has 0 spiro atoms. The van der Waals surface area contributed by atoms with Gasteiger partial charge in [-0.15, -0.1) is 0 Å². The fraction of sp³-hybridized carbons (Fsp3) is 0.714. The molecule has 1 aromatic rings. The molecule has 1 heterocycles. The zero-order chi connectivity index (χ0) is 15.0. The first-order valence-electron chi connectivity index (χ1n) is 7.28. The van der Waals surface area contributed by atoms with Crippen LogP contribution in [0, 0.1) is 0 Å². The summed E-state index contributed by atoms with van der Waals surface area (Å²) in [6.45, 7) is 7.85. The Labute approximate surface area is 123 Å². The van der Waals surface area contributed by atoms with E-state index in [1.54, 1.807) is 0 Å². The molecule has 0 radical (unpaired) electrons. The lowest BCUT2D eigenvalue weighted by Gasteiger charge is -2.17. The Morgan fingerprint density at radius 2 is 2.10 bits per heavy atom. The minimum absolute atomic E-state index is 0.540. The molecule has 0 aromatic carbocycles. The second-order valence-electron chi connectivity index (χ2n) is 4.98. The van der Waals surface area contributed by atoms with E-state index in [2.05, 4.69) is 35.1 Å². The summed E-state index contributed by atoms with van der Waals surface area (Å²) in [4.78, 5) is 0. The standard InChI is InChI=1S/C14H27N3O2S/c1-4-10-16-11-6-8-14(16)13-15-9-7-12-17(5-2)20(3,18)19/h6,8,11,15H,4-5,7,9-10,12-13H2,1-3H3. The maximum absolute atomic E-state index is 11.4. The van der Waals surface area contributed by atoms with E-state index in [1.165, 1.54) is 16.3 Å². The SMILES string of the molecule is CCCn1cccc1CNCCCN(CC)S(C)(=O)=O. The molecule has 0 aliphatic carbocycles. The first kappa shape index (κ1) is 17.2. The Hall–Kier alpha value is -0.850. The lowest BCUT2D eigenvalue weighted by molar-refractivity contribution is 0.418. The third-order valence-corrected chi connectivity index (χ3v) is 4.66. The molecule has 0 unspecified atom stereocenters. The number of hydrogen-bond acceptors (Lipinski definition) is 3. The molecule has 1 rings (SSSR count). The first-order chi connectivity index (χ1) is 9.49. The summed E-state index contributed by atoms with van der Waals surface area (Å²) in [5.74, 6) is 0. The molecule has 116 valence electrons. The van der Waals surface area contributed by atoms with Crippen LogP contribution in [0.15, 0.2) is 18.3 Å². The van der Waals surface area contributed by atoms with E-state index in [-0.39, 0.29) is 0 Å². The zero-order valence-corrected chi connectivity index (χ0v) is 13.6. The topological polar surface area (TPSA) is 54.3 Å².